The van der Waals surface area contributed by atoms with Crippen molar-refractivity contribution < 1.29 is 9.59 Å². The Morgan fingerprint density at radius 3 is 2.34 bits per heavy atom. The van der Waals surface area contributed by atoms with E-state index < -0.39 is 11.5 Å². The number of carbonyl (C=O) groups excluding carboxylic acids is 2. The van der Waals surface area contributed by atoms with Gasteiger partial charge < -0.3 is 16.0 Å². The predicted octanol–water partition coefficient (Wildman–Crippen LogP) is 7.68. The first kappa shape index (κ1) is 31.9. The van der Waals surface area contributed by atoms with Crippen molar-refractivity contribution in [2.75, 3.05) is 5.32 Å². The minimum absolute atomic E-state index is 0.0543. The lowest BCUT2D eigenvalue weighted by atomic mass is 9.49. The van der Waals surface area contributed by atoms with Crippen LogP contribution in [0.2, 0.25) is 0 Å². The van der Waals surface area contributed by atoms with Gasteiger partial charge in [-0.25, -0.2) is 0 Å². The van der Waals surface area contributed by atoms with Crippen molar-refractivity contribution in [3.8, 4) is 0 Å². The quantitative estimate of drug-likeness (QED) is 0.240. The molecule has 44 heavy (non-hydrogen) atoms. The lowest BCUT2D eigenvalue weighted by Crippen LogP contribution is -2.58. The van der Waals surface area contributed by atoms with Gasteiger partial charge >= 0.3 is 0 Å². The van der Waals surface area contributed by atoms with Crippen LogP contribution >= 0.6 is 12.2 Å². The summed E-state index contributed by atoms with van der Waals surface area (Å²) >= 11 is 5.72. The van der Waals surface area contributed by atoms with Crippen molar-refractivity contribution in [2.24, 2.45) is 11.3 Å². The molecule has 1 saturated carbocycles. The van der Waals surface area contributed by atoms with Crippen molar-refractivity contribution in [3.63, 3.8) is 0 Å². The van der Waals surface area contributed by atoms with Crippen LogP contribution in [0.15, 0.2) is 66.7 Å². The number of benzene rings is 3. The Labute approximate surface area is 268 Å². The highest BCUT2D eigenvalue weighted by Gasteiger charge is 2.55. The SMILES string of the molecule is Cc1cc(C)cc(NC(=O)[C@H](Cc2ccccc2)NC(=S)NC(=O)[C@]2(C)CCC[C@]3(C)c4ccc(C(C)C)cc4CC[C@@H]23)c1. The zero-order valence-corrected chi connectivity index (χ0v) is 27.9. The predicted molar refractivity (Wildman–Crippen MR) is 184 cm³/mol. The van der Waals surface area contributed by atoms with Gasteiger partial charge in [0.1, 0.15) is 6.04 Å². The summed E-state index contributed by atoms with van der Waals surface area (Å²) in [5.41, 5.74) is 7.50. The van der Waals surface area contributed by atoms with Gasteiger partial charge in [-0.1, -0.05) is 88.7 Å². The van der Waals surface area contributed by atoms with Crippen molar-refractivity contribution in [1.29, 1.82) is 0 Å². The summed E-state index contributed by atoms with van der Waals surface area (Å²) in [5, 5.41) is 9.50. The molecule has 3 aromatic carbocycles. The first-order valence-electron chi connectivity index (χ1n) is 16.1. The van der Waals surface area contributed by atoms with E-state index in [2.05, 4.69) is 67.9 Å². The molecule has 232 valence electrons. The average Bonchev–Trinajstić information content (AvgIpc) is 2.96. The Morgan fingerprint density at radius 1 is 0.955 bits per heavy atom. The van der Waals surface area contributed by atoms with Gasteiger partial charge in [0.2, 0.25) is 11.8 Å². The number of anilines is 1. The van der Waals surface area contributed by atoms with Crippen LogP contribution in [0.5, 0.6) is 0 Å². The van der Waals surface area contributed by atoms with Gasteiger partial charge in [0.25, 0.3) is 0 Å². The summed E-state index contributed by atoms with van der Waals surface area (Å²) in [6, 6.07) is 22.2. The Hall–Kier alpha value is -3.51. The van der Waals surface area contributed by atoms with Crippen molar-refractivity contribution in [3.05, 3.63) is 100 Å². The third-order valence-electron chi connectivity index (χ3n) is 10.2. The van der Waals surface area contributed by atoms with E-state index in [0.717, 1.165) is 54.5 Å². The Balaban J connectivity index is 1.33. The highest BCUT2D eigenvalue weighted by molar-refractivity contribution is 7.80. The molecule has 0 radical (unpaired) electrons. The molecule has 0 unspecified atom stereocenters. The Morgan fingerprint density at radius 2 is 1.66 bits per heavy atom. The smallest absolute Gasteiger partial charge is 0.247 e. The van der Waals surface area contributed by atoms with Gasteiger partial charge in [0, 0.05) is 12.1 Å². The Bertz CT molecular complexity index is 1530. The fourth-order valence-corrected chi connectivity index (χ4v) is 8.15. The maximum Gasteiger partial charge on any atom is 0.247 e. The molecule has 6 heteroatoms. The number of fused-ring (bicyclic) bond motifs is 3. The van der Waals surface area contributed by atoms with Gasteiger partial charge in [-0.3, -0.25) is 9.59 Å². The summed E-state index contributed by atoms with van der Waals surface area (Å²) in [4.78, 5) is 27.7. The molecule has 0 saturated heterocycles. The molecule has 3 N–H and O–H groups in total. The number of amides is 2. The van der Waals surface area contributed by atoms with Crippen LogP contribution in [0.1, 0.15) is 92.7 Å². The van der Waals surface area contributed by atoms with Gasteiger partial charge in [0.05, 0.1) is 5.41 Å². The van der Waals surface area contributed by atoms with Gasteiger partial charge in [-0.15, -0.1) is 0 Å². The van der Waals surface area contributed by atoms with Crippen molar-refractivity contribution in [2.45, 2.75) is 97.4 Å². The molecule has 1 fully saturated rings. The summed E-state index contributed by atoms with van der Waals surface area (Å²) in [7, 11) is 0. The average molecular weight is 610 g/mol. The van der Waals surface area contributed by atoms with Crippen LogP contribution in [0.3, 0.4) is 0 Å². The summed E-state index contributed by atoms with van der Waals surface area (Å²) < 4.78 is 0. The van der Waals surface area contributed by atoms with E-state index in [1.807, 2.05) is 56.3 Å². The maximum absolute atomic E-state index is 14.1. The van der Waals surface area contributed by atoms with E-state index in [1.165, 1.54) is 16.7 Å². The summed E-state index contributed by atoms with van der Waals surface area (Å²) in [6.07, 6.45) is 5.28. The van der Waals surface area contributed by atoms with E-state index in [9.17, 15) is 9.59 Å². The van der Waals surface area contributed by atoms with Crippen molar-refractivity contribution in [1.82, 2.24) is 10.6 Å². The number of rotatable bonds is 7. The highest BCUT2D eigenvalue weighted by atomic mass is 32.1. The minimum Gasteiger partial charge on any atom is -0.350 e. The van der Waals surface area contributed by atoms with Crippen LogP contribution < -0.4 is 16.0 Å². The van der Waals surface area contributed by atoms with E-state index in [-0.39, 0.29) is 28.3 Å². The molecule has 0 aliphatic heterocycles. The van der Waals surface area contributed by atoms with Crippen molar-refractivity contribution >= 4 is 34.8 Å². The minimum atomic E-state index is -0.660. The molecular weight excluding hydrogens is 563 g/mol. The van der Waals surface area contributed by atoms with Crippen LogP contribution in [0, 0.1) is 25.2 Å². The number of aryl methyl sites for hydroxylation is 3. The zero-order chi connectivity index (χ0) is 31.6. The third kappa shape index (κ3) is 6.61. The van der Waals surface area contributed by atoms with Gasteiger partial charge in [-0.2, -0.15) is 0 Å². The number of hydrogen-bond acceptors (Lipinski definition) is 3. The highest BCUT2D eigenvalue weighted by Crippen LogP contribution is 2.57. The van der Waals surface area contributed by atoms with E-state index in [0.29, 0.717) is 12.3 Å². The van der Waals surface area contributed by atoms with Crippen LogP contribution in [-0.2, 0) is 27.8 Å². The molecule has 0 bridgehead atoms. The lowest BCUT2D eigenvalue weighted by Gasteiger charge is -2.54. The number of carbonyl (C=O) groups is 2. The second-order valence-corrected chi connectivity index (χ2v) is 14.3. The molecule has 5 rings (SSSR count). The first-order valence-corrected chi connectivity index (χ1v) is 16.5. The molecule has 3 aromatic rings. The maximum atomic E-state index is 14.1. The molecule has 0 heterocycles. The van der Waals surface area contributed by atoms with E-state index in [1.54, 1.807) is 0 Å². The van der Waals surface area contributed by atoms with Gasteiger partial charge in [0.15, 0.2) is 5.11 Å². The van der Waals surface area contributed by atoms with Gasteiger partial charge in [-0.05, 0) is 115 Å². The molecule has 5 nitrogen and oxygen atoms in total. The fraction of sp³-hybridized carbons (Fsp3) is 0.447. The third-order valence-corrected chi connectivity index (χ3v) is 10.4. The monoisotopic (exact) mass is 609 g/mol. The fourth-order valence-electron chi connectivity index (χ4n) is 7.92. The molecule has 4 atom stereocenters. The topological polar surface area (TPSA) is 70.2 Å². The molecular formula is C38H47N3O2S. The first-order chi connectivity index (χ1) is 20.9. The van der Waals surface area contributed by atoms with Crippen LogP contribution in [-0.4, -0.2) is 23.0 Å². The summed E-state index contributed by atoms with van der Waals surface area (Å²) in [5.74, 6) is 0.449. The molecule has 2 aliphatic carbocycles. The van der Waals surface area contributed by atoms with E-state index in [4.69, 9.17) is 12.2 Å². The molecule has 2 amide bonds. The van der Waals surface area contributed by atoms with Crippen LogP contribution in [0.4, 0.5) is 5.69 Å². The second kappa shape index (κ2) is 12.8. The summed E-state index contributed by atoms with van der Waals surface area (Å²) in [6.45, 7) is 13.0. The molecule has 0 aromatic heterocycles. The largest absolute Gasteiger partial charge is 0.350 e. The molecule has 2 aliphatic rings. The van der Waals surface area contributed by atoms with Crippen LogP contribution in [0.25, 0.3) is 0 Å². The Kier molecular flexibility index (Phi) is 9.31. The lowest BCUT2D eigenvalue weighted by molar-refractivity contribution is -0.137. The molecule has 0 spiro atoms. The number of thiocarbonyl (C=S) groups is 1. The number of hydrogen-bond donors (Lipinski definition) is 3. The second-order valence-electron chi connectivity index (χ2n) is 13.9. The normalized spacial score (nSPS) is 23.2. The zero-order valence-electron chi connectivity index (χ0n) is 27.1. The number of nitrogens with one attached hydrogen (secondary N) is 3. The standard InChI is InChI=1S/C38H47N3O2S/c1-24(2)28-13-15-31-29(23-28)14-16-33-37(31,5)17-10-18-38(33,6)35(43)41-36(44)40-32(22-27-11-8-7-9-12-27)34(42)39-30-20-25(3)19-26(4)21-30/h7-9,11-13,15,19-21,23-24,32-33H,10,14,16-18,22H2,1-6H3,(H,39,42)(H2,40,41,43,44)/t32-,33+,37+,38+/m0/s1. The van der Waals surface area contributed by atoms with E-state index >= 15 is 0 Å².